The second-order valence-electron chi connectivity index (χ2n) is 3.04. The fourth-order valence-corrected chi connectivity index (χ4v) is 2.42. The molecule has 0 bridgehead atoms. The van der Waals surface area contributed by atoms with E-state index < -0.39 is 0 Å². The molecule has 1 rings (SSSR count). The van der Waals surface area contributed by atoms with E-state index in [2.05, 4.69) is 12.6 Å². The van der Waals surface area contributed by atoms with E-state index >= 15 is 0 Å². The Morgan fingerprint density at radius 2 is 1.71 bits per heavy atom. The van der Waals surface area contributed by atoms with Gasteiger partial charge < -0.3 is 17.2 Å². The van der Waals surface area contributed by atoms with E-state index in [9.17, 15) is 0 Å². The SMILES string of the molecule is CSc1c(N)c(C)c(N)c(CS)c1N. The molecule has 0 saturated heterocycles. The van der Waals surface area contributed by atoms with Crippen LogP contribution >= 0.6 is 24.4 Å². The van der Waals surface area contributed by atoms with Crippen molar-refractivity contribution in [1.82, 2.24) is 0 Å². The molecule has 0 amide bonds. The fourth-order valence-electron chi connectivity index (χ4n) is 1.36. The zero-order valence-corrected chi connectivity index (χ0v) is 10.0. The molecule has 1 aromatic rings. The van der Waals surface area contributed by atoms with Gasteiger partial charge in [-0.15, -0.1) is 11.8 Å². The fraction of sp³-hybridized carbons (Fsp3) is 0.333. The van der Waals surface area contributed by atoms with Crippen molar-refractivity contribution in [1.29, 1.82) is 0 Å². The molecule has 14 heavy (non-hydrogen) atoms. The maximum atomic E-state index is 5.95. The largest absolute Gasteiger partial charge is 0.398 e. The van der Waals surface area contributed by atoms with Crippen LogP contribution in [-0.4, -0.2) is 6.26 Å². The van der Waals surface area contributed by atoms with Gasteiger partial charge in [0.15, 0.2) is 0 Å². The Balaban J connectivity index is 3.56. The zero-order valence-electron chi connectivity index (χ0n) is 8.29. The molecule has 0 heterocycles. The molecular weight excluding hydrogens is 214 g/mol. The normalized spacial score (nSPS) is 10.5. The number of hydrogen-bond acceptors (Lipinski definition) is 5. The summed E-state index contributed by atoms with van der Waals surface area (Å²) in [6.45, 7) is 1.90. The van der Waals surface area contributed by atoms with Crippen LogP contribution in [-0.2, 0) is 5.75 Å². The average Bonchev–Trinajstić information content (AvgIpc) is 2.16. The third-order valence-electron chi connectivity index (χ3n) is 2.31. The number of thiol groups is 1. The van der Waals surface area contributed by atoms with Gasteiger partial charge in [0.1, 0.15) is 0 Å². The second kappa shape index (κ2) is 4.23. The minimum atomic E-state index is 0.534. The maximum Gasteiger partial charge on any atom is 0.0537 e. The van der Waals surface area contributed by atoms with Crippen LogP contribution in [0.4, 0.5) is 17.1 Å². The highest BCUT2D eigenvalue weighted by molar-refractivity contribution is 7.99. The molecule has 0 atom stereocenters. The first-order valence-corrected chi connectivity index (χ1v) is 6.01. The van der Waals surface area contributed by atoms with Gasteiger partial charge in [0.2, 0.25) is 0 Å². The summed E-state index contributed by atoms with van der Waals surface area (Å²) in [6.07, 6.45) is 1.94. The third kappa shape index (κ3) is 1.62. The van der Waals surface area contributed by atoms with E-state index in [0.717, 1.165) is 16.0 Å². The lowest BCUT2D eigenvalue weighted by atomic mass is 10.1. The second-order valence-corrected chi connectivity index (χ2v) is 4.17. The van der Waals surface area contributed by atoms with Crippen molar-refractivity contribution >= 4 is 41.5 Å². The van der Waals surface area contributed by atoms with Gasteiger partial charge in [-0.25, -0.2) is 0 Å². The smallest absolute Gasteiger partial charge is 0.0537 e. The van der Waals surface area contributed by atoms with Crippen LogP contribution < -0.4 is 17.2 Å². The van der Waals surface area contributed by atoms with E-state index in [0.29, 0.717) is 22.8 Å². The molecule has 6 N–H and O–H groups in total. The molecule has 0 unspecified atom stereocenters. The number of nitrogen functional groups attached to an aromatic ring is 3. The van der Waals surface area contributed by atoms with Crippen LogP contribution in [0.1, 0.15) is 11.1 Å². The third-order valence-corrected chi connectivity index (χ3v) is 3.47. The molecule has 0 aromatic heterocycles. The molecule has 0 aliphatic carbocycles. The maximum absolute atomic E-state index is 5.95. The summed E-state index contributed by atoms with van der Waals surface area (Å²) in [4.78, 5) is 0.903. The summed E-state index contributed by atoms with van der Waals surface area (Å²) in [5.74, 6) is 0.534. The molecule has 0 saturated carbocycles. The zero-order chi connectivity index (χ0) is 10.9. The van der Waals surface area contributed by atoms with Crippen molar-refractivity contribution in [3.8, 4) is 0 Å². The highest BCUT2D eigenvalue weighted by Gasteiger charge is 2.14. The molecule has 0 aliphatic rings. The van der Waals surface area contributed by atoms with Crippen LogP contribution in [0.15, 0.2) is 4.90 Å². The van der Waals surface area contributed by atoms with Crippen LogP contribution in [0.25, 0.3) is 0 Å². The predicted molar refractivity (Wildman–Crippen MR) is 68.9 cm³/mol. The van der Waals surface area contributed by atoms with Crippen LogP contribution in [0.5, 0.6) is 0 Å². The van der Waals surface area contributed by atoms with Gasteiger partial charge in [-0.1, -0.05) is 0 Å². The average molecular weight is 229 g/mol. The molecule has 1 aromatic carbocycles. The Morgan fingerprint density at radius 1 is 1.14 bits per heavy atom. The highest BCUT2D eigenvalue weighted by atomic mass is 32.2. The summed E-state index contributed by atoms with van der Waals surface area (Å²) in [6, 6.07) is 0. The van der Waals surface area contributed by atoms with Gasteiger partial charge in [0.25, 0.3) is 0 Å². The van der Waals surface area contributed by atoms with Gasteiger partial charge in [-0.3, -0.25) is 0 Å². The van der Waals surface area contributed by atoms with E-state index in [1.807, 2.05) is 13.2 Å². The minimum absolute atomic E-state index is 0.534. The summed E-state index contributed by atoms with van der Waals surface area (Å²) in [5.41, 5.74) is 21.5. The highest BCUT2D eigenvalue weighted by Crippen LogP contribution is 2.39. The van der Waals surface area contributed by atoms with Crippen LogP contribution in [0.3, 0.4) is 0 Å². The van der Waals surface area contributed by atoms with Crippen LogP contribution in [0, 0.1) is 6.92 Å². The Hall–Kier alpha value is -0.680. The number of hydrogen-bond donors (Lipinski definition) is 4. The first kappa shape index (κ1) is 11.4. The Morgan fingerprint density at radius 3 is 2.14 bits per heavy atom. The number of anilines is 3. The topological polar surface area (TPSA) is 78.1 Å². The van der Waals surface area contributed by atoms with E-state index in [4.69, 9.17) is 17.2 Å². The summed E-state index contributed by atoms with van der Waals surface area (Å²) >= 11 is 5.74. The van der Waals surface area contributed by atoms with E-state index in [1.54, 1.807) is 0 Å². The molecule has 0 fully saturated rings. The van der Waals surface area contributed by atoms with Crippen molar-refractivity contribution in [3.05, 3.63) is 11.1 Å². The molecule has 78 valence electrons. The van der Waals surface area contributed by atoms with Gasteiger partial charge in [-0.05, 0) is 18.7 Å². The first-order valence-electron chi connectivity index (χ1n) is 4.15. The number of nitrogens with two attached hydrogens (primary N) is 3. The van der Waals surface area contributed by atoms with E-state index in [1.165, 1.54) is 11.8 Å². The summed E-state index contributed by atoms with van der Waals surface area (Å²) in [5, 5.41) is 0. The number of rotatable bonds is 2. The summed E-state index contributed by atoms with van der Waals surface area (Å²) in [7, 11) is 0. The van der Waals surface area contributed by atoms with Gasteiger partial charge in [0, 0.05) is 17.0 Å². The monoisotopic (exact) mass is 229 g/mol. The number of thioether (sulfide) groups is 1. The Labute approximate surface area is 93.8 Å². The Kier molecular flexibility index (Phi) is 3.44. The van der Waals surface area contributed by atoms with Gasteiger partial charge in [0.05, 0.1) is 16.3 Å². The quantitative estimate of drug-likeness (QED) is 0.355. The lowest BCUT2D eigenvalue weighted by molar-refractivity contribution is 1.30. The molecular formula is C9H15N3S2. The van der Waals surface area contributed by atoms with E-state index in [-0.39, 0.29) is 0 Å². The molecule has 5 heteroatoms. The molecule has 0 radical (unpaired) electrons. The lowest BCUT2D eigenvalue weighted by Crippen LogP contribution is -2.06. The summed E-state index contributed by atoms with van der Waals surface area (Å²) < 4.78 is 0. The lowest BCUT2D eigenvalue weighted by Gasteiger charge is -2.16. The van der Waals surface area contributed by atoms with Crippen molar-refractivity contribution in [3.63, 3.8) is 0 Å². The molecule has 0 aliphatic heterocycles. The number of benzene rings is 1. The predicted octanol–water partition coefficient (Wildman–Crippen LogP) is 1.89. The Bertz CT molecular complexity index is 333. The van der Waals surface area contributed by atoms with Crippen molar-refractivity contribution in [2.75, 3.05) is 23.5 Å². The van der Waals surface area contributed by atoms with Crippen molar-refractivity contribution in [2.45, 2.75) is 17.6 Å². The first-order chi connectivity index (χ1) is 6.54. The van der Waals surface area contributed by atoms with Gasteiger partial charge >= 0.3 is 0 Å². The molecule has 0 spiro atoms. The van der Waals surface area contributed by atoms with Crippen molar-refractivity contribution in [2.24, 2.45) is 0 Å². The van der Waals surface area contributed by atoms with Crippen molar-refractivity contribution < 1.29 is 0 Å². The minimum Gasteiger partial charge on any atom is -0.398 e. The van der Waals surface area contributed by atoms with Gasteiger partial charge in [-0.2, -0.15) is 12.6 Å². The standard InChI is InChI=1S/C9H15N3S2/c1-4-6(10)5(3-13)8(12)9(14-2)7(4)11/h13H,3,10-12H2,1-2H3. The molecule has 3 nitrogen and oxygen atoms in total. The van der Waals surface area contributed by atoms with Crippen LogP contribution in [0.2, 0.25) is 0 Å².